The summed E-state index contributed by atoms with van der Waals surface area (Å²) in [5.41, 5.74) is 4.00. The Hall–Kier alpha value is -1.26. The second-order valence-electron chi connectivity index (χ2n) is 3.56. The van der Waals surface area contributed by atoms with Crippen LogP contribution in [0.5, 0.6) is 0 Å². The molecule has 0 N–H and O–H groups in total. The molecule has 0 radical (unpaired) electrons. The number of nitriles is 1. The third-order valence-corrected chi connectivity index (χ3v) is 2.96. The van der Waals surface area contributed by atoms with Gasteiger partial charge in [0, 0.05) is 5.57 Å². The van der Waals surface area contributed by atoms with E-state index in [4.69, 9.17) is 16.9 Å². The van der Waals surface area contributed by atoms with E-state index in [1.165, 1.54) is 11.1 Å². The minimum absolute atomic E-state index is 0.572. The Morgan fingerprint density at radius 2 is 2.00 bits per heavy atom. The van der Waals surface area contributed by atoms with Crippen molar-refractivity contribution in [3.63, 3.8) is 0 Å². The summed E-state index contributed by atoms with van der Waals surface area (Å²) in [6.45, 7) is 6.03. The van der Waals surface area contributed by atoms with Crippen molar-refractivity contribution in [1.29, 1.82) is 5.26 Å². The predicted molar refractivity (Wildman–Crippen MR) is 64.6 cm³/mol. The van der Waals surface area contributed by atoms with Crippen molar-refractivity contribution in [2.24, 2.45) is 0 Å². The molecule has 15 heavy (non-hydrogen) atoms. The van der Waals surface area contributed by atoms with Gasteiger partial charge in [-0.05, 0) is 37.0 Å². The molecule has 0 aliphatic rings. The minimum atomic E-state index is 0.572. The first-order valence-electron chi connectivity index (χ1n) is 4.96. The zero-order chi connectivity index (χ0) is 11.4. The van der Waals surface area contributed by atoms with Gasteiger partial charge in [0.15, 0.2) is 0 Å². The summed E-state index contributed by atoms with van der Waals surface area (Å²) in [6, 6.07) is 8.13. The van der Waals surface area contributed by atoms with E-state index in [1.54, 1.807) is 0 Å². The smallest absolute Gasteiger partial charge is 0.0962 e. The topological polar surface area (TPSA) is 23.8 Å². The molecule has 1 aromatic rings. The fourth-order valence-electron chi connectivity index (χ4n) is 1.34. The van der Waals surface area contributed by atoms with E-state index >= 15 is 0 Å². The number of halogens is 1. The van der Waals surface area contributed by atoms with Crippen LogP contribution < -0.4 is 0 Å². The molecule has 0 unspecified atom stereocenters. The van der Waals surface area contributed by atoms with Crippen LogP contribution in [0.2, 0.25) is 0 Å². The van der Waals surface area contributed by atoms with Crippen LogP contribution in [0.15, 0.2) is 23.8 Å². The molecular formula is C13H14ClN. The first kappa shape index (κ1) is 11.8. The SMILES string of the molecule is CCC(C#N)=C(Cl)c1ccc(C)c(C)c1. The van der Waals surface area contributed by atoms with Gasteiger partial charge in [0.25, 0.3) is 0 Å². The van der Waals surface area contributed by atoms with Gasteiger partial charge < -0.3 is 0 Å². The summed E-state index contributed by atoms with van der Waals surface area (Å²) in [5.74, 6) is 0. The van der Waals surface area contributed by atoms with Gasteiger partial charge in [0.1, 0.15) is 0 Å². The molecule has 0 saturated carbocycles. The highest BCUT2D eigenvalue weighted by Crippen LogP contribution is 2.26. The summed E-state index contributed by atoms with van der Waals surface area (Å²) >= 11 is 6.15. The molecule has 0 saturated heterocycles. The molecule has 0 atom stereocenters. The summed E-state index contributed by atoms with van der Waals surface area (Å²) in [6.07, 6.45) is 0.669. The van der Waals surface area contributed by atoms with Gasteiger partial charge in [0.2, 0.25) is 0 Å². The highest BCUT2D eigenvalue weighted by atomic mass is 35.5. The second kappa shape index (κ2) is 5.00. The van der Waals surface area contributed by atoms with E-state index in [0.29, 0.717) is 17.0 Å². The fraction of sp³-hybridized carbons (Fsp3) is 0.308. The molecule has 0 spiro atoms. The molecule has 2 heteroatoms. The molecule has 78 valence electrons. The van der Waals surface area contributed by atoms with Crippen LogP contribution in [-0.2, 0) is 0 Å². The maximum absolute atomic E-state index is 8.89. The Morgan fingerprint density at radius 1 is 1.33 bits per heavy atom. The molecule has 0 bridgehead atoms. The standard InChI is InChI=1S/C13H14ClN/c1-4-11(8-15)13(14)12-6-5-9(2)10(3)7-12/h5-7H,4H2,1-3H3. The van der Waals surface area contributed by atoms with Gasteiger partial charge in [-0.15, -0.1) is 0 Å². The third kappa shape index (κ3) is 2.61. The molecule has 1 rings (SSSR count). The molecule has 1 nitrogen and oxygen atoms in total. The Balaban J connectivity index is 3.24. The number of rotatable bonds is 2. The average Bonchev–Trinajstić information content (AvgIpc) is 2.23. The van der Waals surface area contributed by atoms with Crippen molar-refractivity contribution in [2.75, 3.05) is 0 Å². The second-order valence-corrected chi connectivity index (χ2v) is 3.93. The third-order valence-electron chi connectivity index (χ3n) is 2.51. The number of benzene rings is 1. The first-order valence-corrected chi connectivity index (χ1v) is 5.34. The van der Waals surface area contributed by atoms with Gasteiger partial charge >= 0.3 is 0 Å². The van der Waals surface area contributed by atoms with Gasteiger partial charge in [0.05, 0.1) is 11.1 Å². The lowest BCUT2D eigenvalue weighted by Crippen LogP contribution is -1.87. The molecule has 0 aliphatic heterocycles. The summed E-state index contributed by atoms with van der Waals surface area (Å²) in [4.78, 5) is 0. The van der Waals surface area contributed by atoms with Crippen LogP contribution in [0.1, 0.15) is 30.0 Å². The highest BCUT2D eigenvalue weighted by Gasteiger charge is 2.05. The van der Waals surface area contributed by atoms with Gasteiger partial charge in [-0.3, -0.25) is 0 Å². The highest BCUT2D eigenvalue weighted by molar-refractivity contribution is 6.49. The number of hydrogen-bond acceptors (Lipinski definition) is 1. The van der Waals surface area contributed by atoms with E-state index in [9.17, 15) is 0 Å². The van der Waals surface area contributed by atoms with Crippen molar-refractivity contribution in [1.82, 2.24) is 0 Å². The van der Waals surface area contributed by atoms with Crippen LogP contribution in [-0.4, -0.2) is 0 Å². The predicted octanol–water partition coefficient (Wildman–Crippen LogP) is 4.19. The molecule has 0 fully saturated rings. The Morgan fingerprint density at radius 3 is 2.47 bits per heavy atom. The molecule has 0 aromatic heterocycles. The van der Waals surface area contributed by atoms with Gasteiger partial charge in [-0.25, -0.2) is 0 Å². The Bertz CT molecular complexity index is 438. The quantitative estimate of drug-likeness (QED) is 0.685. The van der Waals surface area contributed by atoms with E-state index < -0.39 is 0 Å². The maximum atomic E-state index is 8.89. The van der Waals surface area contributed by atoms with E-state index in [1.807, 2.05) is 32.0 Å². The molecular weight excluding hydrogens is 206 g/mol. The lowest BCUT2D eigenvalue weighted by atomic mass is 10.0. The lowest BCUT2D eigenvalue weighted by molar-refractivity contribution is 1.16. The molecule has 0 amide bonds. The van der Waals surface area contributed by atoms with Gasteiger partial charge in [-0.2, -0.15) is 5.26 Å². The summed E-state index contributed by atoms with van der Waals surface area (Å²) < 4.78 is 0. The minimum Gasteiger partial charge on any atom is -0.193 e. The van der Waals surface area contributed by atoms with Crippen LogP contribution >= 0.6 is 11.6 Å². The van der Waals surface area contributed by atoms with Crippen molar-refractivity contribution in [3.05, 3.63) is 40.5 Å². The van der Waals surface area contributed by atoms with Crippen LogP contribution in [0.3, 0.4) is 0 Å². The largest absolute Gasteiger partial charge is 0.193 e. The average molecular weight is 220 g/mol. The summed E-state index contributed by atoms with van der Waals surface area (Å²) in [7, 11) is 0. The molecule has 0 heterocycles. The van der Waals surface area contributed by atoms with Crippen LogP contribution in [0, 0.1) is 25.2 Å². The number of nitrogens with zero attached hydrogens (tertiary/aromatic N) is 1. The fourth-order valence-corrected chi connectivity index (χ4v) is 1.63. The monoisotopic (exact) mass is 219 g/mol. The maximum Gasteiger partial charge on any atom is 0.0962 e. The van der Waals surface area contributed by atoms with E-state index in [2.05, 4.69) is 13.0 Å². The zero-order valence-corrected chi connectivity index (χ0v) is 10.0. The van der Waals surface area contributed by atoms with Crippen molar-refractivity contribution in [3.8, 4) is 6.07 Å². The number of aryl methyl sites for hydroxylation is 2. The van der Waals surface area contributed by atoms with E-state index in [0.717, 1.165) is 5.56 Å². The Kier molecular flexibility index (Phi) is 3.94. The Labute approximate surface area is 96.0 Å². The lowest BCUT2D eigenvalue weighted by Gasteiger charge is -2.05. The normalized spacial score (nSPS) is 11.9. The van der Waals surface area contributed by atoms with E-state index in [-0.39, 0.29) is 0 Å². The number of allylic oxidation sites excluding steroid dienone is 1. The molecule has 1 aromatic carbocycles. The number of hydrogen-bond donors (Lipinski definition) is 0. The first-order chi connectivity index (χ1) is 7.10. The van der Waals surface area contributed by atoms with Crippen molar-refractivity contribution < 1.29 is 0 Å². The summed E-state index contributed by atoms with van der Waals surface area (Å²) in [5, 5.41) is 9.46. The van der Waals surface area contributed by atoms with Crippen LogP contribution in [0.25, 0.3) is 5.03 Å². The zero-order valence-electron chi connectivity index (χ0n) is 9.26. The van der Waals surface area contributed by atoms with Crippen molar-refractivity contribution in [2.45, 2.75) is 27.2 Å². The van der Waals surface area contributed by atoms with Crippen LogP contribution in [0.4, 0.5) is 0 Å². The molecule has 0 aliphatic carbocycles. The van der Waals surface area contributed by atoms with Gasteiger partial charge in [-0.1, -0.05) is 36.7 Å². The van der Waals surface area contributed by atoms with Crippen molar-refractivity contribution >= 4 is 16.6 Å².